The van der Waals surface area contributed by atoms with Crippen molar-refractivity contribution in [1.82, 2.24) is 40.4 Å². The predicted octanol–water partition coefficient (Wildman–Crippen LogP) is 6.99. The van der Waals surface area contributed by atoms with Gasteiger partial charge in [-0.1, -0.05) is 80.6 Å². The Morgan fingerprint density at radius 3 is 2.03 bits per heavy atom. The van der Waals surface area contributed by atoms with Crippen molar-refractivity contribution in [3.63, 3.8) is 0 Å². The third-order valence-electron chi connectivity index (χ3n) is 11.4. The van der Waals surface area contributed by atoms with Gasteiger partial charge < -0.3 is 29.8 Å². The Labute approximate surface area is 352 Å². The Bertz CT molecular complexity index is 2190. The van der Waals surface area contributed by atoms with E-state index in [1.807, 2.05) is 89.9 Å². The van der Waals surface area contributed by atoms with E-state index in [9.17, 15) is 14.4 Å². The molecule has 0 aliphatic carbocycles. The number of amides is 3. The van der Waals surface area contributed by atoms with Gasteiger partial charge in [0.1, 0.15) is 30.5 Å². The number of benzene rings is 2. The molecular weight excluding hydrogens is 789 g/mol. The monoisotopic (exact) mass is 838 g/mol. The first-order chi connectivity index (χ1) is 28.7. The molecule has 14 nitrogen and oxygen atoms in total. The van der Waals surface area contributed by atoms with Crippen LogP contribution >= 0.6 is 23.5 Å². The lowest BCUT2D eigenvalue weighted by atomic mass is 10.0. The second-order valence-electron chi connectivity index (χ2n) is 15.4. The van der Waals surface area contributed by atoms with Crippen molar-refractivity contribution in [2.45, 2.75) is 74.2 Å². The van der Waals surface area contributed by atoms with E-state index in [0.717, 1.165) is 64.8 Å². The predicted molar refractivity (Wildman–Crippen MR) is 228 cm³/mol. The van der Waals surface area contributed by atoms with Crippen molar-refractivity contribution in [2.75, 3.05) is 34.0 Å². The Balaban J connectivity index is 0.887. The summed E-state index contributed by atoms with van der Waals surface area (Å²) in [6.45, 7) is 5.17. The molecule has 3 amide bonds. The van der Waals surface area contributed by atoms with Gasteiger partial charge in [-0.15, -0.1) is 23.5 Å². The number of likely N-dealkylation sites (tertiary alicyclic amines) is 2. The summed E-state index contributed by atoms with van der Waals surface area (Å²) >= 11 is 3.70. The van der Waals surface area contributed by atoms with Crippen molar-refractivity contribution in [2.24, 2.45) is 5.92 Å². The average Bonchev–Trinajstić information content (AvgIpc) is 4.10. The summed E-state index contributed by atoms with van der Waals surface area (Å²) in [6.07, 6.45) is 11.2. The molecule has 2 aromatic carbocycles. The number of hydrogen-bond donors (Lipinski definition) is 4. The average molecular weight is 839 g/mol. The van der Waals surface area contributed by atoms with Crippen LogP contribution in [0.2, 0.25) is 0 Å². The molecule has 2 aromatic heterocycles. The first kappa shape index (κ1) is 40.9. The number of hydrogen-bond acceptors (Lipinski definition) is 11. The molecule has 8 rings (SSSR count). The van der Waals surface area contributed by atoms with Crippen molar-refractivity contribution in [1.29, 1.82) is 0 Å². The van der Waals surface area contributed by atoms with Gasteiger partial charge in [0.25, 0.3) is 0 Å². The zero-order valence-electron chi connectivity index (χ0n) is 33.6. The molecule has 6 atom stereocenters. The number of nitrogens with one attached hydrogen (secondary N) is 4. The molecule has 0 spiro atoms. The van der Waals surface area contributed by atoms with Crippen molar-refractivity contribution in [3.05, 3.63) is 108 Å². The number of fused-ring (bicyclic) bond motifs is 1. The van der Waals surface area contributed by atoms with Crippen LogP contribution < -0.4 is 10.6 Å². The lowest BCUT2D eigenvalue weighted by molar-refractivity contribution is -0.278. The van der Waals surface area contributed by atoms with Crippen LogP contribution in [0.25, 0.3) is 21.1 Å². The maximum Gasteiger partial charge on any atom is 0.407 e. The van der Waals surface area contributed by atoms with Gasteiger partial charge in [-0.05, 0) is 48.3 Å². The Kier molecular flexibility index (Phi) is 12.6. The van der Waals surface area contributed by atoms with Crippen LogP contribution in [-0.2, 0) is 24.1 Å². The number of methoxy groups -OCH3 is 1. The quantitative estimate of drug-likeness (QED) is 0.0448. The highest BCUT2D eigenvalue weighted by Crippen LogP contribution is 2.53. The highest BCUT2D eigenvalue weighted by Gasteiger charge is 2.40. The molecule has 6 unspecified atom stereocenters. The van der Waals surface area contributed by atoms with Crippen molar-refractivity contribution in [3.8, 4) is 11.3 Å². The van der Waals surface area contributed by atoms with Gasteiger partial charge >= 0.3 is 6.09 Å². The standard InChI is InChI=1S/C43H50N8O6S2/c1-25(2)37(49-43(54)55-3)41(52)50-18-8-13-32(50)40-45-23-30(48-40)34-21-36-35(59-34)20-33(58-36)27-16-14-26(15-17-27)29-22-44-39(47-29)31-12-9-19-51(31)42(53)38(46-24-57-56-4)28-10-6-5-7-11-28/h5-7,10-11,14-17,20-23,25,31-32,35-38,46H,8-9,12-13,18-19,24H2,1-4H3,(H,44,47)(H,45,48)(H,49,54). The minimum Gasteiger partial charge on any atom is -0.453 e. The Morgan fingerprint density at radius 1 is 0.797 bits per heavy atom. The number of carbonyl (C=O) groups excluding carboxylic acids is 3. The molecule has 2 fully saturated rings. The van der Waals surface area contributed by atoms with Gasteiger partial charge in [0.05, 0.1) is 50.1 Å². The zero-order chi connectivity index (χ0) is 41.0. The maximum absolute atomic E-state index is 14.0. The van der Waals surface area contributed by atoms with E-state index in [4.69, 9.17) is 24.5 Å². The molecule has 2 saturated heterocycles. The topological polar surface area (TPSA) is 167 Å². The highest BCUT2D eigenvalue weighted by molar-refractivity contribution is 8.14. The number of ether oxygens (including phenoxy) is 1. The SMILES string of the molecule is COOCNC(C(=O)N1CCCC1c1ncc(-c2ccc(C3=CC4SC(c5cnc(C6CCCN6C(=O)C(NC(=O)OC)C(C)C)[nH]5)=CC4S3)cc2)[nH]1)c1ccccc1. The van der Waals surface area contributed by atoms with E-state index >= 15 is 0 Å². The molecule has 0 bridgehead atoms. The number of aromatic nitrogens is 4. The second-order valence-corrected chi connectivity index (χ2v) is 17.8. The lowest BCUT2D eigenvalue weighted by Gasteiger charge is -2.30. The van der Waals surface area contributed by atoms with Gasteiger partial charge in [-0.3, -0.25) is 14.9 Å². The number of nitrogens with zero attached hydrogens (tertiary/aromatic N) is 4. The maximum atomic E-state index is 14.0. The molecule has 0 saturated carbocycles. The van der Waals surface area contributed by atoms with E-state index in [-0.39, 0.29) is 36.5 Å². The van der Waals surface area contributed by atoms with Crippen LogP contribution in [0.5, 0.6) is 0 Å². The van der Waals surface area contributed by atoms with Gasteiger partial charge in [0.2, 0.25) is 11.8 Å². The van der Waals surface area contributed by atoms with E-state index in [2.05, 4.69) is 57.0 Å². The summed E-state index contributed by atoms with van der Waals surface area (Å²) < 4.78 is 4.78. The van der Waals surface area contributed by atoms with Crippen LogP contribution in [0, 0.1) is 5.92 Å². The molecule has 6 heterocycles. The number of aromatic amines is 2. The summed E-state index contributed by atoms with van der Waals surface area (Å²) in [5, 5.41) is 6.50. The highest BCUT2D eigenvalue weighted by atomic mass is 32.2. The van der Waals surface area contributed by atoms with E-state index < -0.39 is 18.2 Å². The molecule has 4 aliphatic rings. The van der Waals surface area contributed by atoms with E-state index in [1.54, 1.807) is 0 Å². The number of imidazole rings is 2. The lowest BCUT2D eigenvalue weighted by Crippen LogP contribution is -2.51. The van der Waals surface area contributed by atoms with Crippen LogP contribution in [0.15, 0.2) is 79.1 Å². The Morgan fingerprint density at radius 2 is 1.39 bits per heavy atom. The molecule has 310 valence electrons. The van der Waals surface area contributed by atoms with Crippen LogP contribution in [-0.4, -0.2) is 98.2 Å². The number of thioether (sulfide) groups is 2. The normalized spacial score (nSPS) is 22.3. The zero-order valence-corrected chi connectivity index (χ0v) is 35.2. The second kappa shape index (κ2) is 18.2. The molecule has 59 heavy (non-hydrogen) atoms. The van der Waals surface area contributed by atoms with Crippen molar-refractivity contribution >= 4 is 51.2 Å². The fourth-order valence-corrected chi connectivity index (χ4v) is 11.2. The van der Waals surface area contributed by atoms with Crippen LogP contribution in [0.3, 0.4) is 0 Å². The number of rotatable bonds is 14. The van der Waals surface area contributed by atoms with E-state index in [1.165, 1.54) is 24.7 Å². The smallest absolute Gasteiger partial charge is 0.407 e. The van der Waals surface area contributed by atoms with Gasteiger partial charge in [0.15, 0.2) is 0 Å². The summed E-state index contributed by atoms with van der Waals surface area (Å²) in [4.78, 5) is 72.1. The number of alkyl carbamates (subject to hydrolysis) is 1. The van der Waals surface area contributed by atoms with Crippen LogP contribution in [0.4, 0.5) is 4.79 Å². The summed E-state index contributed by atoms with van der Waals surface area (Å²) in [7, 11) is 2.74. The molecule has 16 heteroatoms. The summed E-state index contributed by atoms with van der Waals surface area (Å²) in [5.74, 6) is 1.31. The largest absolute Gasteiger partial charge is 0.453 e. The first-order valence-corrected chi connectivity index (χ1v) is 21.9. The van der Waals surface area contributed by atoms with Crippen LogP contribution in [0.1, 0.15) is 86.1 Å². The first-order valence-electron chi connectivity index (χ1n) is 20.1. The summed E-state index contributed by atoms with van der Waals surface area (Å²) in [5.41, 5.74) is 4.93. The Hall–Kier alpha value is -4.87. The third-order valence-corrected chi connectivity index (χ3v) is 14.2. The third kappa shape index (κ3) is 8.73. The van der Waals surface area contributed by atoms with Crippen molar-refractivity contribution < 1.29 is 28.9 Å². The fraction of sp³-hybridized carbons (Fsp3) is 0.419. The van der Waals surface area contributed by atoms with Gasteiger partial charge in [-0.25, -0.2) is 24.5 Å². The number of H-pyrrole nitrogens is 2. The minimum atomic E-state index is -0.672. The molecule has 0 radical (unpaired) electrons. The van der Waals surface area contributed by atoms with Gasteiger partial charge in [-0.2, -0.15) is 0 Å². The molecule has 4 aromatic rings. The summed E-state index contributed by atoms with van der Waals surface area (Å²) in [6, 6.07) is 16.6. The number of carbonyl (C=O) groups is 3. The molecule has 4 aliphatic heterocycles. The fourth-order valence-electron chi connectivity index (χ4n) is 8.32. The molecule has 4 N–H and O–H groups in total. The minimum absolute atomic E-state index is 0.0290. The van der Waals surface area contributed by atoms with E-state index in [0.29, 0.717) is 23.6 Å². The van der Waals surface area contributed by atoms with Gasteiger partial charge in [0, 0.05) is 33.4 Å². The molecular formula is C43H50N8O6S2.